The Morgan fingerprint density at radius 2 is 1.60 bits per heavy atom. The highest BCUT2D eigenvalue weighted by Gasteiger charge is 1.98. The zero-order valence-electron chi connectivity index (χ0n) is 16.5. The number of benzene rings is 2. The van der Waals surface area contributed by atoms with Crippen molar-refractivity contribution < 1.29 is 9.53 Å². The van der Waals surface area contributed by atoms with Crippen LogP contribution in [0.4, 0.5) is 17.2 Å². The van der Waals surface area contributed by atoms with E-state index in [9.17, 15) is 4.79 Å². The van der Waals surface area contributed by atoms with Crippen LogP contribution in [0.1, 0.15) is 5.56 Å². The molecule has 0 aliphatic rings. The van der Waals surface area contributed by atoms with Crippen LogP contribution in [0.3, 0.4) is 0 Å². The molecule has 4 aromatic rings. The highest BCUT2D eigenvalue weighted by atomic mass is 16.5. The molecule has 1 amide bonds. The smallest absolute Gasteiger partial charge is 0.212 e. The van der Waals surface area contributed by atoms with Gasteiger partial charge in [0.25, 0.3) is 0 Å². The van der Waals surface area contributed by atoms with E-state index in [2.05, 4.69) is 39.7 Å². The van der Waals surface area contributed by atoms with E-state index >= 15 is 0 Å². The Hall–Kier alpha value is -4.19. The molecule has 4 rings (SSSR count). The van der Waals surface area contributed by atoms with E-state index in [-0.39, 0.29) is 0 Å². The maximum absolute atomic E-state index is 10.3. The highest BCUT2D eigenvalue weighted by molar-refractivity contribution is 5.69. The lowest BCUT2D eigenvalue weighted by Crippen LogP contribution is -1.96. The minimum absolute atomic E-state index is 0.462. The minimum atomic E-state index is 0.462. The second-order valence-corrected chi connectivity index (χ2v) is 6.28. The molecule has 2 aromatic carbocycles. The van der Waals surface area contributed by atoms with Gasteiger partial charge in [-0.25, -0.2) is 4.98 Å². The van der Waals surface area contributed by atoms with Crippen LogP contribution in [0.2, 0.25) is 0 Å². The second-order valence-electron chi connectivity index (χ2n) is 6.28. The van der Waals surface area contributed by atoms with Crippen LogP contribution >= 0.6 is 0 Å². The largest absolute Gasteiger partial charge is 0.457 e. The summed E-state index contributed by atoms with van der Waals surface area (Å²) in [5.41, 5.74) is 3.42. The number of carbonyl (C=O) groups excluding carboxylic acids is 1. The van der Waals surface area contributed by atoms with Gasteiger partial charge in [-0.2, -0.15) is 0 Å². The normalized spacial score (nSPS) is 9.63. The second kappa shape index (κ2) is 11.0. The topological polar surface area (TPSA) is 76.1 Å². The van der Waals surface area contributed by atoms with Crippen LogP contribution in [-0.4, -0.2) is 16.4 Å². The number of aromatic nitrogens is 2. The molecule has 0 saturated carbocycles. The van der Waals surface area contributed by atoms with Gasteiger partial charge in [0.2, 0.25) is 6.41 Å². The number of nitrogens with zero attached hydrogens (tertiary/aromatic N) is 2. The number of rotatable bonds is 6. The van der Waals surface area contributed by atoms with Gasteiger partial charge in [0, 0.05) is 36.0 Å². The standard InChI is InChI=1S/C12H10N2O2.C12H12N2/c15-9-14-12-8-11(6-7-13-12)16-10-4-2-1-3-5-10;1-10-3-2-4-12(9-10)14-11-5-7-13-8-6-11/h1-9H,(H,13,14,15);2-9H,1H3,(H,13,14). The average molecular weight is 398 g/mol. The molecule has 0 saturated heterocycles. The van der Waals surface area contributed by atoms with Gasteiger partial charge < -0.3 is 15.4 Å². The summed E-state index contributed by atoms with van der Waals surface area (Å²) >= 11 is 0. The van der Waals surface area contributed by atoms with Crippen molar-refractivity contribution in [2.75, 3.05) is 10.6 Å². The molecule has 0 unspecified atom stereocenters. The molecule has 0 fully saturated rings. The Morgan fingerprint density at radius 3 is 2.33 bits per heavy atom. The summed E-state index contributed by atoms with van der Waals surface area (Å²) < 4.78 is 5.57. The first kappa shape index (κ1) is 20.5. The van der Waals surface area contributed by atoms with E-state index in [1.165, 1.54) is 5.56 Å². The van der Waals surface area contributed by atoms with Crippen LogP contribution in [0.25, 0.3) is 0 Å². The minimum Gasteiger partial charge on any atom is -0.457 e. The molecular formula is C24H22N4O2. The third-order valence-corrected chi connectivity index (χ3v) is 3.90. The lowest BCUT2D eigenvalue weighted by Gasteiger charge is -2.05. The Bertz CT molecular complexity index is 1060. The third-order valence-electron chi connectivity index (χ3n) is 3.90. The van der Waals surface area contributed by atoms with Gasteiger partial charge in [-0.15, -0.1) is 0 Å². The number of hydrogen-bond acceptors (Lipinski definition) is 5. The molecule has 2 N–H and O–H groups in total. The van der Waals surface area contributed by atoms with Crippen molar-refractivity contribution in [1.82, 2.24) is 9.97 Å². The molecule has 0 spiro atoms. The summed E-state index contributed by atoms with van der Waals surface area (Å²) in [6.07, 6.45) is 5.70. The zero-order valence-corrected chi connectivity index (χ0v) is 16.5. The Labute approximate surface area is 175 Å². The Balaban J connectivity index is 0.000000172. The van der Waals surface area contributed by atoms with E-state index < -0.39 is 0 Å². The fourth-order valence-corrected chi connectivity index (χ4v) is 2.56. The molecule has 6 nitrogen and oxygen atoms in total. The Morgan fingerprint density at radius 1 is 0.800 bits per heavy atom. The number of amides is 1. The van der Waals surface area contributed by atoms with Crippen molar-refractivity contribution >= 4 is 23.6 Å². The van der Waals surface area contributed by atoms with Crippen LogP contribution in [0, 0.1) is 6.92 Å². The fourth-order valence-electron chi connectivity index (χ4n) is 2.56. The molecule has 0 aliphatic carbocycles. The molecular weight excluding hydrogens is 376 g/mol. The van der Waals surface area contributed by atoms with Crippen molar-refractivity contribution in [2.45, 2.75) is 6.92 Å². The van der Waals surface area contributed by atoms with Gasteiger partial charge in [0.05, 0.1) is 0 Å². The summed E-state index contributed by atoms with van der Waals surface area (Å²) in [5, 5.41) is 5.77. The lowest BCUT2D eigenvalue weighted by atomic mass is 10.2. The van der Waals surface area contributed by atoms with Crippen molar-refractivity contribution in [1.29, 1.82) is 0 Å². The molecule has 0 aliphatic heterocycles. The van der Waals surface area contributed by atoms with Crippen LogP contribution in [-0.2, 0) is 4.79 Å². The third kappa shape index (κ3) is 6.76. The van der Waals surface area contributed by atoms with Crippen molar-refractivity contribution in [3.63, 3.8) is 0 Å². The molecule has 2 aromatic heterocycles. The number of aryl methyl sites for hydroxylation is 1. The number of para-hydroxylation sites is 1. The number of carbonyl (C=O) groups is 1. The highest BCUT2D eigenvalue weighted by Crippen LogP contribution is 2.22. The van der Waals surface area contributed by atoms with E-state index in [1.807, 2.05) is 54.6 Å². The number of ether oxygens (including phenoxy) is 1. The lowest BCUT2D eigenvalue weighted by molar-refractivity contribution is -0.105. The monoisotopic (exact) mass is 398 g/mol. The summed E-state index contributed by atoms with van der Waals surface area (Å²) in [4.78, 5) is 18.2. The van der Waals surface area contributed by atoms with Crippen molar-refractivity contribution in [3.8, 4) is 11.5 Å². The van der Waals surface area contributed by atoms with Crippen LogP contribution < -0.4 is 15.4 Å². The molecule has 30 heavy (non-hydrogen) atoms. The summed E-state index contributed by atoms with van der Waals surface area (Å²) in [6.45, 7) is 2.08. The van der Waals surface area contributed by atoms with Crippen LogP contribution in [0.15, 0.2) is 97.5 Å². The molecule has 0 bridgehead atoms. The Kier molecular flexibility index (Phi) is 7.51. The predicted octanol–water partition coefficient (Wildman–Crippen LogP) is 5.58. The number of nitrogens with one attached hydrogen (secondary N) is 2. The van der Waals surface area contributed by atoms with Gasteiger partial charge in [0.1, 0.15) is 17.3 Å². The van der Waals surface area contributed by atoms with Gasteiger partial charge >= 0.3 is 0 Å². The number of pyridine rings is 2. The average Bonchev–Trinajstić information content (AvgIpc) is 2.76. The van der Waals surface area contributed by atoms with Crippen molar-refractivity contribution in [2.24, 2.45) is 0 Å². The summed E-state index contributed by atoms with van der Waals surface area (Å²) in [6, 6.07) is 25.0. The predicted molar refractivity (Wildman–Crippen MR) is 119 cm³/mol. The van der Waals surface area contributed by atoms with E-state index in [1.54, 1.807) is 30.7 Å². The maximum atomic E-state index is 10.3. The fraction of sp³-hybridized carbons (Fsp3) is 0.0417. The summed E-state index contributed by atoms with van der Waals surface area (Å²) in [7, 11) is 0. The van der Waals surface area contributed by atoms with E-state index in [0.29, 0.717) is 18.0 Å². The first-order valence-electron chi connectivity index (χ1n) is 9.36. The van der Waals surface area contributed by atoms with Gasteiger partial charge in [-0.3, -0.25) is 9.78 Å². The maximum Gasteiger partial charge on any atom is 0.212 e. The van der Waals surface area contributed by atoms with Gasteiger partial charge in [0.15, 0.2) is 0 Å². The van der Waals surface area contributed by atoms with Crippen LogP contribution in [0.5, 0.6) is 11.5 Å². The van der Waals surface area contributed by atoms with E-state index in [4.69, 9.17) is 4.74 Å². The molecule has 0 radical (unpaired) electrons. The van der Waals surface area contributed by atoms with Gasteiger partial charge in [-0.1, -0.05) is 30.3 Å². The first-order valence-corrected chi connectivity index (χ1v) is 9.36. The van der Waals surface area contributed by atoms with Gasteiger partial charge in [-0.05, 0) is 55.0 Å². The van der Waals surface area contributed by atoms with E-state index in [0.717, 1.165) is 17.1 Å². The first-order chi connectivity index (χ1) is 14.7. The SMILES string of the molecule is Cc1cccc(Nc2ccncc2)c1.O=CNc1cc(Oc2ccccc2)ccn1. The number of anilines is 3. The zero-order chi connectivity index (χ0) is 21.0. The molecule has 0 atom stereocenters. The molecule has 150 valence electrons. The van der Waals surface area contributed by atoms with Crippen molar-refractivity contribution in [3.05, 3.63) is 103 Å². The quantitative estimate of drug-likeness (QED) is 0.415. The summed E-state index contributed by atoms with van der Waals surface area (Å²) in [5.74, 6) is 1.83. The molecule has 6 heteroatoms. The molecule has 2 heterocycles. The number of hydrogen-bond donors (Lipinski definition) is 2.